The van der Waals surface area contributed by atoms with Crippen LogP contribution in [0.5, 0.6) is 0 Å². The second-order valence-corrected chi connectivity index (χ2v) is 10.0. The molecule has 5 nitrogen and oxygen atoms in total. The highest BCUT2D eigenvalue weighted by molar-refractivity contribution is 7.89. The largest absolute Gasteiger partial charge is 0.481 e. The predicted octanol–water partition coefficient (Wildman–Crippen LogP) is 4.60. The van der Waals surface area contributed by atoms with Gasteiger partial charge in [-0.25, -0.2) is 13.1 Å². The van der Waals surface area contributed by atoms with Gasteiger partial charge in [0.05, 0.1) is 4.90 Å². The molecular weight excluding hydrogens is 422 g/mol. The first-order valence-corrected chi connectivity index (χ1v) is 11.8. The maximum atomic E-state index is 12.6. The molecule has 3 rings (SSSR count). The number of nitrogens with one attached hydrogen (secondary N) is 1. The van der Waals surface area contributed by atoms with Gasteiger partial charge in [-0.3, -0.25) is 4.79 Å². The van der Waals surface area contributed by atoms with E-state index in [1.807, 2.05) is 24.3 Å². The van der Waals surface area contributed by atoms with Gasteiger partial charge in [-0.2, -0.15) is 0 Å². The van der Waals surface area contributed by atoms with E-state index in [0.717, 1.165) is 19.3 Å². The quantitative estimate of drug-likeness (QED) is 0.521. The SMILES string of the molecule is O=C(O)CC/C=C\CC1(CCNS(=O)(=O)c2ccc(Cl)cc2)Cc2ccccc2C1. The Hall–Kier alpha value is -2.15. The molecular formula is C23H26ClNO4S. The lowest BCUT2D eigenvalue weighted by Gasteiger charge is -2.28. The van der Waals surface area contributed by atoms with E-state index < -0.39 is 16.0 Å². The number of hydrogen-bond acceptors (Lipinski definition) is 3. The summed E-state index contributed by atoms with van der Waals surface area (Å²) >= 11 is 5.85. The van der Waals surface area contributed by atoms with Gasteiger partial charge in [0, 0.05) is 18.0 Å². The lowest BCUT2D eigenvalue weighted by atomic mass is 9.78. The number of hydrogen-bond donors (Lipinski definition) is 2. The topological polar surface area (TPSA) is 83.5 Å². The minimum absolute atomic E-state index is 0.0775. The molecule has 0 aromatic heterocycles. The summed E-state index contributed by atoms with van der Waals surface area (Å²) in [5, 5.41) is 9.28. The van der Waals surface area contributed by atoms with Crippen molar-refractivity contribution in [1.29, 1.82) is 0 Å². The Kier molecular flexibility index (Phi) is 7.34. The average Bonchev–Trinajstić information content (AvgIpc) is 3.06. The Labute approximate surface area is 182 Å². The van der Waals surface area contributed by atoms with Gasteiger partial charge in [-0.15, -0.1) is 0 Å². The Bertz CT molecular complexity index is 991. The van der Waals surface area contributed by atoms with Crippen molar-refractivity contribution in [2.45, 2.75) is 43.4 Å². The number of sulfonamides is 1. The molecule has 0 spiro atoms. The number of fused-ring (bicyclic) bond motifs is 1. The molecule has 2 aromatic rings. The summed E-state index contributed by atoms with van der Waals surface area (Å²) in [4.78, 5) is 10.9. The molecule has 0 bridgehead atoms. The van der Waals surface area contributed by atoms with Gasteiger partial charge in [0.15, 0.2) is 0 Å². The molecule has 2 aromatic carbocycles. The minimum Gasteiger partial charge on any atom is -0.481 e. The van der Waals surface area contributed by atoms with Crippen molar-refractivity contribution >= 4 is 27.6 Å². The Morgan fingerprint density at radius 1 is 1.07 bits per heavy atom. The fourth-order valence-corrected chi connectivity index (χ4v) is 5.16. The third-order valence-corrected chi connectivity index (χ3v) is 7.29. The van der Waals surface area contributed by atoms with E-state index in [0.29, 0.717) is 24.4 Å². The van der Waals surface area contributed by atoms with E-state index in [2.05, 4.69) is 16.9 Å². The highest BCUT2D eigenvalue weighted by Crippen LogP contribution is 2.42. The lowest BCUT2D eigenvalue weighted by Crippen LogP contribution is -2.31. The zero-order valence-corrected chi connectivity index (χ0v) is 18.3. The standard InChI is InChI=1S/C23H26ClNO4S/c24-20-9-11-21(12-10-20)30(28,29)25-15-14-23(13-5-1-2-8-22(26)27)16-18-6-3-4-7-19(18)17-23/h1,3-7,9-12,25H,2,8,13-17H2,(H,26,27)/b5-1-. The predicted molar refractivity (Wildman–Crippen MR) is 118 cm³/mol. The number of halogens is 1. The Balaban J connectivity index is 1.66. The van der Waals surface area contributed by atoms with Crippen LogP contribution < -0.4 is 4.72 Å². The number of benzene rings is 2. The first kappa shape index (κ1) is 22.5. The average molecular weight is 448 g/mol. The molecule has 1 aliphatic carbocycles. The van der Waals surface area contributed by atoms with Gasteiger partial charge in [0.2, 0.25) is 10.0 Å². The molecule has 0 heterocycles. The number of aliphatic carboxylic acids is 1. The molecule has 0 unspecified atom stereocenters. The van der Waals surface area contributed by atoms with Gasteiger partial charge < -0.3 is 5.11 Å². The van der Waals surface area contributed by atoms with Gasteiger partial charge in [-0.1, -0.05) is 48.0 Å². The van der Waals surface area contributed by atoms with Gasteiger partial charge in [-0.05, 0) is 72.9 Å². The lowest BCUT2D eigenvalue weighted by molar-refractivity contribution is -0.136. The van der Waals surface area contributed by atoms with Crippen LogP contribution in [0.2, 0.25) is 5.02 Å². The van der Waals surface area contributed by atoms with Crippen LogP contribution in [-0.4, -0.2) is 26.0 Å². The van der Waals surface area contributed by atoms with Gasteiger partial charge in [0.1, 0.15) is 0 Å². The molecule has 7 heteroatoms. The molecule has 1 aliphatic rings. The Morgan fingerprint density at radius 2 is 1.70 bits per heavy atom. The van der Waals surface area contributed by atoms with E-state index in [4.69, 9.17) is 16.7 Å². The number of rotatable bonds is 10. The van der Waals surface area contributed by atoms with Gasteiger partial charge in [0.25, 0.3) is 0 Å². The van der Waals surface area contributed by atoms with Crippen molar-refractivity contribution in [2.75, 3.05) is 6.54 Å². The second-order valence-electron chi connectivity index (χ2n) is 7.83. The molecule has 2 N–H and O–H groups in total. The first-order chi connectivity index (χ1) is 14.3. The summed E-state index contributed by atoms with van der Waals surface area (Å²) in [6.07, 6.45) is 7.82. The van der Waals surface area contributed by atoms with Crippen molar-refractivity contribution in [3.8, 4) is 0 Å². The zero-order chi connectivity index (χ0) is 21.6. The molecule has 0 atom stereocenters. The van der Waals surface area contributed by atoms with Crippen LogP contribution in [0.25, 0.3) is 0 Å². The Morgan fingerprint density at radius 3 is 2.30 bits per heavy atom. The third kappa shape index (κ3) is 5.94. The van der Waals surface area contributed by atoms with Crippen LogP contribution in [0.15, 0.2) is 65.6 Å². The monoisotopic (exact) mass is 447 g/mol. The summed E-state index contributed by atoms with van der Waals surface area (Å²) < 4.78 is 27.9. The van der Waals surface area contributed by atoms with Crippen LogP contribution in [0, 0.1) is 5.41 Å². The fourth-order valence-electron chi connectivity index (χ4n) is 4.00. The van der Waals surface area contributed by atoms with E-state index in [9.17, 15) is 13.2 Å². The number of carboxylic acids is 1. The molecule has 0 fully saturated rings. The second kappa shape index (κ2) is 9.77. The van der Waals surface area contributed by atoms with Crippen LogP contribution in [0.4, 0.5) is 0 Å². The number of carboxylic acid groups (broad SMARTS) is 1. The highest BCUT2D eigenvalue weighted by Gasteiger charge is 2.36. The summed E-state index contributed by atoms with van der Waals surface area (Å²) in [5.41, 5.74) is 2.53. The molecule has 0 radical (unpaired) electrons. The van der Waals surface area contributed by atoms with Crippen molar-refractivity contribution in [1.82, 2.24) is 4.72 Å². The van der Waals surface area contributed by atoms with E-state index in [-0.39, 0.29) is 16.7 Å². The summed E-state index contributed by atoms with van der Waals surface area (Å²) in [6.45, 7) is 0.335. The maximum Gasteiger partial charge on any atom is 0.303 e. The number of allylic oxidation sites excluding steroid dienone is 2. The molecule has 0 saturated heterocycles. The molecule has 30 heavy (non-hydrogen) atoms. The van der Waals surface area contributed by atoms with Crippen LogP contribution in [-0.2, 0) is 27.7 Å². The van der Waals surface area contributed by atoms with E-state index in [1.54, 1.807) is 12.1 Å². The van der Waals surface area contributed by atoms with Gasteiger partial charge >= 0.3 is 5.97 Å². The van der Waals surface area contributed by atoms with Crippen molar-refractivity contribution < 1.29 is 18.3 Å². The number of carbonyl (C=O) groups is 1. The molecule has 0 amide bonds. The molecule has 0 aliphatic heterocycles. The van der Waals surface area contributed by atoms with Crippen molar-refractivity contribution in [3.63, 3.8) is 0 Å². The normalized spacial score (nSPS) is 15.4. The van der Waals surface area contributed by atoms with Crippen LogP contribution in [0.3, 0.4) is 0 Å². The minimum atomic E-state index is -3.59. The van der Waals surface area contributed by atoms with E-state index >= 15 is 0 Å². The molecule has 160 valence electrons. The summed E-state index contributed by atoms with van der Waals surface area (Å²) in [5.74, 6) is -0.806. The van der Waals surface area contributed by atoms with Crippen LogP contribution >= 0.6 is 11.6 Å². The summed E-state index contributed by atoms with van der Waals surface area (Å²) in [6, 6.07) is 14.4. The first-order valence-electron chi connectivity index (χ1n) is 9.99. The van der Waals surface area contributed by atoms with Crippen molar-refractivity contribution in [2.24, 2.45) is 5.41 Å². The van der Waals surface area contributed by atoms with Crippen molar-refractivity contribution in [3.05, 3.63) is 76.8 Å². The zero-order valence-electron chi connectivity index (χ0n) is 16.7. The smallest absolute Gasteiger partial charge is 0.303 e. The summed E-state index contributed by atoms with van der Waals surface area (Å²) in [7, 11) is -3.59. The fraction of sp³-hybridized carbons (Fsp3) is 0.348. The van der Waals surface area contributed by atoms with E-state index in [1.165, 1.54) is 23.3 Å². The van der Waals surface area contributed by atoms with Crippen LogP contribution in [0.1, 0.15) is 36.8 Å². The third-order valence-electron chi connectivity index (χ3n) is 5.56. The maximum absolute atomic E-state index is 12.6. The molecule has 0 saturated carbocycles. The highest BCUT2D eigenvalue weighted by atomic mass is 35.5.